The number of nitrogens with one attached hydrogen (secondary N) is 2. The van der Waals surface area contributed by atoms with Crippen molar-refractivity contribution in [2.24, 2.45) is 5.41 Å². The minimum Gasteiger partial charge on any atom is -0.383 e. The van der Waals surface area contributed by atoms with Crippen molar-refractivity contribution >= 4 is 23.0 Å². The van der Waals surface area contributed by atoms with Crippen LogP contribution in [0, 0.1) is 11.2 Å². The maximum absolute atomic E-state index is 13.5. The van der Waals surface area contributed by atoms with Gasteiger partial charge in [-0.1, -0.05) is 32.4 Å². The molecule has 1 heterocycles. The highest BCUT2D eigenvalue weighted by Gasteiger charge is 2.22. The second-order valence-electron chi connectivity index (χ2n) is 6.13. The zero-order chi connectivity index (χ0) is 13.3. The third-order valence-corrected chi connectivity index (χ3v) is 3.38. The van der Waals surface area contributed by atoms with Crippen LogP contribution in [-0.2, 0) is 0 Å². The molecule has 0 amide bonds. The van der Waals surface area contributed by atoms with Crippen LogP contribution >= 0.6 is 11.6 Å². The van der Waals surface area contributed by atoms with E-state index in [0.29, 0.717) is 6.04 Å². The molecule has 1 atom stereocenters. The summed E-state index contributed by atoms with van der Waals surface area (Å²) in [6.45, 7) is 7.53. The Balaban J connectivity index is 2.21. The van der Waals surface area contributed by atoms with Crippen molar-refractivity contribution in [1.29, 1.82) is 0 Å². The Bertz CT molecular complexity index is 440. The number of hydrogen-bond acceptors (Lipinski definition) is 2. The summed E-state index contributed by atoms with van der Waals surface area (Å²) in [7, 11) is 0. The molecule has 0 radical (unpaired) electrons. The number of anilines is 2. The monoisotopic (exact) mass is 270 g/mol. The molecule has 0 fully saturated rings. The van der Waals surface area contributed by atoms with Crippen molar-refractivity contribution in [2.75, 3.05) is 17.2 Å². The van der Waals surface area contributed by atoms with E-state index in [-0.39, 0.29) is 16.3 Å². The summed E-state index contributed by atoms with van der Waals surface area (Å²) >= 11 is 5.80. The van der Waals surface area contributed by atoms with E-state index in [2.05, 4.69) is 31.4 Å². The molecule has 100 valence electrons. The van der Waals surface area contributed by atoms with Crippen LogP contribution in [-0.4, -0.2) is 12.6 Å². The second-order valence-corrected chi connectivity index (χ2v) is 6.54. The van der Waals surface area contributed by atoms with Gasteiger partial charge in [-0.15, -0.1) is 0 Å². The van der Waals surface area contributed by atoms with Gasteiger partial charge in [0.15, 0.2) is 0 Å². The number of rotatable bonds is 1. The van der Waals surface area contributed by atoms with Gasteiger partial charge in [0, 0.05) is 18.7 Å². The Morgan fingerprint density at radius 3 is 2.72 bits per heavy atom. The van der Waals surface area contributed by atoms with E-state index in [9.17, 15) is 4.39 Å². The molecule has 0 bridgehead atoms. The first-order valence-corrected chi connectivity index (χ1v) is 6.72. The van der Waals surface area contributed by atoms with Gasteiger partial charge in [0.2, 0.25) is 0 Å². The summed E-state index contributed by atoms with van der Waals surface area (Å²) in [5, 5.41) is 6.88. The van der Waals surface area contributed by atoms with Crippen molar-refractivity contribution in [3.63, 3.8) is 0 Å². The van der Waals surface area contributed by atoms with Crippen LogP contribution in [0.2, 0.25) is 5.02 Å². The van der Waals surface area contributed by atoms with Crippen LogP contribution in [0.4, 0.5) is 15.8 Å². The van der Waals surface area contributed by atoms with Crippen LogP contribution in [0.5, 0.6) is 0 Å². The standard InChI is InChI=1S/C14H20ClFN2/c1-14(2,3)8-9-4-5-17-12-6-10(15)11(16)7-13(12)18-9/h6-7,9,17-18H,4-5,8H2,1-3H3. The van der Waals surface area contributed by atoms with Crippen LogP contribution in [0.15, 0.2) is 12.1 Å². The van der Waals surface area contributed by atoms with E-state index < -0.39 is 0 Å². The fourth-order valence-corrected chi connectivity index (χ4v) is 2.54. The molecule has 2 nitrogen and oxygen atoms in total. The summed E-state index contributed by atoms with van der Waals surface area (Å²) in [5.41, 5.74) is 1.95. The van der Waals surface area contributed by atoms with Gasteiger partial charge in [-0.05, 0) is 24.3 Å². The molecule has 0 aliphatic carbocycles. The molecule has 2 rings (SSSR count). The predicted octanol–water partition coefficient (Wildman–Crippen LogP) is 4.51. The van der Waals surface area contributed by atoms with E-state index in [1.165, 1.54) is 6.07 Å². The molecule has 1 aromatic rings. The smallest absolute Gasteiger partial charge is 0.143 e. The summed E-state index contributed by atoms with van der Waals surface area (Å²) < 4.78 is 13.5. The average molecular weight is 271 g/mol. The highest BCUT2D eigenvalue weighted by Crippen LogP contribution is 2.33. The zero-order valence-corrected chi connectivity index (χ0v) is 11.9. The Hall–Kier alpha value is -0.960. The summed E-state index contributed by atoms with van der Waals surface area (Å²) in [6.07, 6.45) is 2.07. The molecule has 2 N–H and O–H groups in total. The normalized spacial score (nSPS) is 19.5. The minimum atomic E-state index is -0.374. The fourth-order valence-electron chi connectivity index (χ4n) is 2.38. The van der Waals surface area contributed by atoms with Crippen LogP contribution in [0.1, 0.15) is 33.6 Å². The fraction of sp³-hybridized carbons (Fsp3) is 0.571. The Morgan fingerprint density at radius 1 is 1.33 bits per heavy atom. The van der Waals surface area contributed by atoms with E-state index >= 15 is 0 Å². The quantitative estimate of drug-likeness (QED) is 0.784. The van der Waals surface area contributed by atoms with Gasteiger partial charge in [0.25, 0.3) is 0 Å². The molecule has 18 heavy (non-hydrogen) atoms. The summed E-state index contributed by atoms with van der Waals surface area (Å²) in [5.74, 6) is -0.374. The molecular formula is C14H20ClFN2. The number of halogens is 2. The van der Waals surface area contributed by atoms with Gasteiger partial charge < -0.3 is 10.6 Å². The van der Waals surface area contributed by atoms with Gasteiger partial charge in [-0.3, -0.25) is 0 Å². The first kappa shape index (κ1) is 13.5. The van der Waals surface area contributed by atoms with E-state index in [1.54, 1.807) is 6.07 Å². The Labute approximate surface area is 113 Å². The highest BCUT2D eigenvalue weighted by molar-refractivity contribution is 6.31. The summed E-state index contributed by atoms with van der Waals surface area (Å²) in [6, 6.07) is 3.49. The number of fused-ring (bicyclic) bond motifs is 1. The lowest BCUT2D eigenvalue weighted by atomic mass is 9.87. The molecule has 1 unspecified atom stereocenters. The Morgan fingerprint density at radius 2 is 2.06 bits per heavy atom. The first-order chi connectivity index (χ1) is 8.35. The maximum Gasteiger partial charge on any atom is 0.143 e. The van der Waals surface area contributed by atoms with Gasteiger partial charge in [-0.2, -0.15) is 0 Å². The summed E-state index contributed by atoms with van der Waals surface area (Å²) in [4.78, 5) is 0. The number of benzene rings is 1. The lowest BCUT2D eigenvalue weighted by Gasteiger charge is -2.26. The second kappa shape index (κ2) is 4.96. The maximum atomic E-state index is 13.5. The van der Waals surface area contributed by atoms with E-state index in [0.717, 1.165) is 30.8 Å². The molecule has 0 saturated heterocycles. The minimum absolute atomic E-state index is 0.164. The topological polar surface area (TPSA) is 24.1 Å². The lowest BCUT2D eigenvalue weighted by Crippen LogP contribution is -2.26. The third kappa shape index (κ3) is 3.29. The highest BCUT2D eigenvalue weighted by atomic mass is 35.5. The number of hydrogen-bond donors (Lipinski definition) is 2. The Kier molecular flexibility index (Phi) is 3.71. The van der Waals surface area contributed by atoms with Crippen molar-refractivity contribution in [3.8, 4) is 0 Å². The van der Waals surface area contributed by atoms with E-state index in [4.69, 9.17) is 11.6 Å². The zero-order valence-electron chi connectivity index (χ0n) is 11.1. The molecule has 0 spiro atoms. The van der Waals surface area contributed by atoms with Crippen LogP contribution in [0.25, 0.3) is 0 Å². The molecule has 0 saturated carbocycles. The third-order valence-electron chi connectivity index (χ3n) is 3.09. The van der Waals surface area contributed by atoms with Gasteiger partial charge >= 0.3 is 0 Å². The van der Waals surface area contributed by atoms with Crippen molar-refractivity contribution < 1.29 is 4.39 Å². The average Bonchev–Trinajstić information content (AvgIpc) is 2.38. The molecule has 0 aromatic heterocycles. The SMILES string of the molecule is CC(C)(C)CC1CCNc2cc(Cl)c(F)cc2N1. The molecule has 1 aromatic carbocycles. The van der Waals surface area contributed by atoms with Crippen LogP contribution < -0.4 is 10.6 Å². The van der Waals surface area contributed by atoms with E-state index in [1.807, 2.05) is 0 Å². The lowest BCUT2D eigenvalue weighted by molar-refractivity contribution is 0.345. The van der Waals surface area contributed by atoms with Crippen molar-refractivity contribution in [3.05, 3.63) is 23.0 Å². The molecular weight excluding hydrogens is 251 g/mol. The van der Waals surface area contributed by atoms with Crippen molar-refractivity contribution in [2.45, 2.75) is 39.7 Å². The molecule has 1 aliphatic heterocycles. The molecule has 4 heteroatoms. The van der Waals surface area contributed by atoms with Gasteiger partial charge in [0.05, 0.1) is 16.4 Å². The largest absolute Gasteiger partial charge is 0.383 e. The van der Waals surface area contributed by atoms with Gasteiger partial charge in [0.1, 0.15) is 5.82 Å². The van der Waals surface area contributed by atoms with Crippen LogP contribution in [0.3, 0.4) is 0 Å². The van der Waals surface area contributed by atoms with Gasteiger partial charge in [-0.25, -0.2) is 4.39 Å². The first-order valence-electron chi connectivity index (χ1n) is 6.34. The van der Waals surface area contributed by atoms with Crippen molar-refractivity contribution in [1.82, 2.24) is 0 Å². The predicted molar refractivity (Wildman–Crippen MR) is 76.0 cm³/mol. The molecule has 1 aliphatic rings.